The largest absolute Gasteiger partial charge is 0.351 e. The van der Waals surface area contributed by atoms with Crippen LogP contribution in [0.5, 0.6) is 0 Å². The van der Waals surface area contributed by atoms with E-state index in [-0.39, 0.29) is 15.9 Å². The zero-order chi connectivity index (χ0) is 20.1. The Kier molecular flexibility index (Phi) is 6.33. The van der Waals surface area contributed by atoms with Crippen LogP contribution in [0.2, 0.25) is 5.02 Å². The van der Waals surface area contributed by atoms with Crippen LogP contribution < -0.4 is 10.0 Å². The van der Waals surface area contributed by atoms with Gasteiger partial charge in [0.1, 0.15) is 4.88 Å². The molecule has 2 N–H and O–H groups in total. The minimum absolute atomic E-state index is 0.136. The van der Waals surface area contributed by atoms with Gasteiger partial charge >= 0.3 is 0 Å². The number of hydrogen-bond donors (Lipinski definition) is 2. The van der Waals surface area contributed by atoms with E-state index in [4.69, 9.17) is 11.6 Å². The lowest BCUT2D eigenvalue weighted by atomic mass is 10.1. The van der Waals surface area contributed by atoms with Crippen LogP contribution in [0.4, 0.5) is 5.13 Å². The second-order valence-corrected chi connectivity index (χ2v) is 9.10. The number of amides is 1. The molecule has 0 bridgehead atoms. The SMILES string of the molecule is Cc1nc(NS(=O)(=O)c2ccccc2)sc1C(=O)NCCc1ccc(Cl)cc1. The number of aryl methyl sites for hydroxylation is 1. The van der Waals surface area contributed by atoms with E-state index in [1.165, 1.54) is 12.1 Å². The number of anilines is 1. The highest BCUT2D eigenvalue weighted by molar-refractivity contribution is 7.93. The molecule has 0 aliphatic carbocycles. The van der Waals surface area contributed by atoms with Crippen molar-refractivity contribution in [1.29, 1.82) is 0 Å². The maximum absolute atomic E-state index is 12.4. The summed E-state index contributed by atoms with van der Waals surface area (Å²) in [4.78, 5) is 17.1. The third kappa shape index (κ3) is 5.09. The predicted octanol–water partition coefficient (Wildman–Crippen LogP) is 3.88. The minimum atomic E-state index is -3.74. The van der Waals surface area contributed by atoms with Crippen LogP contribution in [-0.4, -0.2) is 25.9 Å². The van der Waals surface area contributed by atoms with Gasteiger partial charge in [0, 0.05) is 11.6 Å². The van der Waals surface area contributed by atoms with E-state index < -0.39 is 10.0 Å². The first-order valence-electron chi connectivity index (χ1n) is 8.43. The smallest absolute Gasteiger partial charge is 0.263 e. The second-order valence-electron chi connectivity index (χ2n) is 5.98. The summed E-state index contributed by atoms with van der Waals surface area (Å²) < 4.78 is 27.2. The summed E-state index contributed by atoms with van der Waals surface area (Å²) in [6.45, 7) is 2.12. The molecule has 6 nitrogen and oxygen atoms in total. The highest BCUT2D eigenvalue weighted by Gasteiger charge is 2.20. The van der Waals surface area contributed by atoms with Crippen molar-refractivity contribution in [2.75, 3.05) is 11.3 Å². The molecule has 146 valence electrons. The molecule has 28 heavy (non-hydrogen) atoms. The van der Waals surface area contributed by atoms with Crippen LogP contribution in [0.3, 0.4) is 0 Å². The molecule has 0 spiro atoms. The van der Waals surface area contributed by atoms with Gasteiger partial charge in [0.25, 0.3) is 15.9 Å². The number of nitrogens with one attached hydrogen (secondary N) is 2. The van der Waals surface area contributed by atoms with Crippen LogP contribution in [0.1, 0.15) is 20.9 Å². The molecule has 3 aromatic rings. The van der Waals surface area contributed by atoms with Crippen molar-refractivity contribution in [2.24, 2.45) is 0 Å². The van der Waals surface area contributed by atoms with Crippen molar-refractivity contribution in [3.05, 3.63) is 75.8 Å². The summed E-state index contributed by atoms with van der Waals surface area (Å²) in [5.74, 6) is -0.283. The number of hydrogen-bond acceptors (Lipinski definition) is 5. The first-order valence-corrected chi connectivity index (χ1v) is 11.1. The zero-order valence-electron chi connectivity index (χ0n) is 15.0. The summed E-state index contributed by atoms with van der Waals surface area (Å²) in [5.41, 5.74) is 1.53. The van der Waals surface area contributed by atoms with Gasteiger partial charge in [-0.15, -0.1) is 0 Å². The first kappa shape index (κ1) is 20.3. The Hall–Kier alpha value is -2.42. The molecule has 1 aromatic heterocycles. The van der Waals surface area contributed by atoms with E-state index in [0.29, 0.717) is 28.6 Å². The fourth-order valence-corrected chi connectivity index (χ4v) is 4.74. The highest BCUT2D eigenvalue weighted by Crippen LogP contribution is 2.25. The average molecular weight is 436 g/mol. The predicted molar refractivity (Wildman–Crippen MR) is 112 cm³/mol. The fourth-order valence-electron chi connectivity index (χ4n) is 2.48. The Balaban J connectivity index is 1.63. The zero-order valence-corrected chi connectivity index (χ0v) is 17.4. The molecule has 1 amide bonds. The van der Waals surface area contributed by atoms with Crippen molar-refractivity contribution in [2.45, 2.75) is 18.2 Å². The summed E-state index contributed by atoms with van der Waals surface area (Å²) in [6.07, 6.45) is 0.661. The molecule has 0 saturated heterocycles. The number of benzene rings is 2. The summed E-state index contributed by atoms with van der Waals surface area (Å²) in [7, 11) is -3.74. The van der Waals surface area contributed by atoms with Crippen molar-refractivity contribution < 1.29 is 13.2 Å². The molecule has 0 radical (unpaired) electrons. The topological polar surface area (TPSA) is 88.2 Å². The lowest BCUT2D eigenvalue weighted by Crippen LogP contribution is -2.25. The highest BCUT2D eigenvalue weighted by atomic mass is 35.5. The van der Waals surface area contributed by atoms with Gasteiger partial charge in [-0.25, -0.2) is 13.4 Å². The maximum atomic E-state index is 12.4. The number of nitrogens with zero attached hydrogens (tertiary/aromatic N) is 1. The van der Waals surface area contributed by atoms with Crippen molar-refractivity contribution in [1.82, 2.24) is 10.3 Å². The third-order valence-corrected chi connectivity index (χ3v) is 6.70. The van der Waals surface area contributed by atoms with E-state index >= 15 is 0 Å². The number of sulfonamides is 1. The van der Waals surface area contributed by atoms with Crippen molar-refractivity contribution in [3.8, 4) is 0 Å². The van der Waals surface area contributed by atoms with Crippen molar-refractivity contribution >= 4 is 44.0 Å². The molecule has 3 rings (SSSR count). The Morgan fingerprint density at radius 2 is 1.79 bits per heavy atom. The van der Waals surface area contributed by atoms with Gasteiger partial charge in [-0.3, -0.25) is 9.52 Å². The van der Waals surface area contributed by atoms with E-state index in [1.807, 2.05) is 12.1 Å². The molecule has 9 heteroatoms. The van der Waals surface area contributed by atoms with Gasteiger partial charge in [-0.2, -0.15) is 0 Å². The first-order chi connectivity index (χ1) is 13.3. The van der Waals surface area contributed by atoms with Crippen LogP contribution in [0.25, 0.3) is 0 Å². The van der Waals surface area contributed by atoms with Gasteiger partial charge in [0.2, 0.25) is 0 Å². The Morgan fingerprint density at radius 3 is 2.46 bits per heavy atom. The Bertz CT molecular complexity index is 1070. The van der Waals surface area contributed by atoms with E-state index in [1.54, 1.807) is 37.3 Å². The van der Waals surface area contributed by atoms with E-state index in [0.717, 1.165) is 16.9 Å². The molecule has 0 atom stereocenters. The monoisotopic (exact) mass is 435 g/mol. The molecule has 0 saturated carbocycles. The lowest BCUT2D eigenvalue weighted by molar-refractivity contribution is 0.0957. The van der Waals surface area contributed by atoms with Crippen LogP contribution in [0, 0.1) is 6.92 Å². The molecule has 2 aromatic carbocycles. The number of rotatable bonds is 7. The number of aromatic nitrogens is 1. The number of thiazole rings is 1. The molecule has 0 fully saturated rings. The molecule has 0 aliphatic heterocycles. The maximum Gasteiger partial charge on any atom is 0.263 e. The van der Waals surface area contributed by atoms with Gasteiger partial charge in [-0.1, -0.05) is 53.3 Å². The molecule has 0 unspecified atom stereocenters. The van der Waals surface area contributed by atoms with Gasteiger partial charge in [0.15, 0.2) is 5.13 Å². The normalized spacial score (nSPS) is 11.2. The molecule has 0 aliphatic rings. The van der Waals surface area contributed by atoms with E-state index in [2.05, 4.69) is 15.0 Å². The third-order valence-electron chi connectivity index (χ3n) is 3.89. The molecule has 1 heterocycles. The molecular formula is C19H18ClN3O3S2. The number of carbonyl (C=O) groups is 1. The quantitative estimate of drug-likeness (QED) is 0.589. The number of halogens is 1. The standard InChI is InChI=1S/C19H18ClN3O3S2/c1-13-17(18(24)21-12-11-14-7-9-15(20)10-8-14)27-19(22-13)23-28(25,26)16-5-3-2-4-6-16/h2-10H,11-12H2,1H3,(H,21,24)(H,22,23). The van der Waals surface area contributed by atoms with Crippen LogP contribution >= 0.6 is 22.9 Å². The fraction of sp³-hybridized carbons (Fsp3) is 0.158. The summed E-state index contributed by atoms with van der Waals surface area (Å²) in [6, 6.07) is 15.4. The summed E-state index contributed by atoms with van der Waals surface area (Å²) in [5, 5.41) is 3.65. The summed E-state index contributed by atoms with van der Waals surface area (Å²) >= 11 is 6.86. The second kappa shape index (κ2) is 8.72. The number of carbonyl (C=O) groups excluding carboxylic acids is 1. The van der Waals surface area contributed by atoms with Gasteiger partial charge in [-0.05, 0) is 43.2 Å². The average Bonchev–Trinajstić information content (AvgIpc) is 3.03. The minimum Gasteiger partial charge on any atom is -0.351 e. The van der Waals surface area contributed by atoms with Crippen LogP contribution in [0.15, 0.2) is 59.5 Å². The lowest BCUT2D eigenvalue weighted by Gasteiger charge is -2.05. The van der Waals surface area contributed by atoms with E-state index in [9.17, 15) is 13.2 Å². The Labute approximate surface area is 172 Å². The molecular weight excluding hydrogens is 418 g/mol. The van der Waals surface area contributed by atoms with Gasteiger partial charge < -0.3 is 5.32 Å². The Morgan fingerprint density at radius 1 is 1.11 bits per heavy atom. The van der Waals surface area contributed by atoms with Crippen molar-refractivity contribution in [3.63, 3.8) is 0 Å². The van der Waals surface area contributed by atoms with Gasteiger partial charge in [0.05, 0.1) is 10.6 Å². The van der Waals surface area contributed by atoms with Crippen LogP contribution in [-0.2, 0) is 16.4 Å².